The third-order valence-corrected chi connectivity index (χ3v) is 6.55. The predicted molar refractivity (Wildman–Crippen MR) is 119 cm³/mol. The minimum absolute atomic E-state index is 0.0226. The van der Waals surface area contributed by atoms with Crippen LogP contribution in [0.5, 0.6) is 0 Å². The number of halogens is 2. The molecule has 3 N–H and O–H groups in total. The zero-order chi connectivity index (χ0) is 23.1. The van der Waals surface area contributed by atoms with Crippen molar-refractivity contribution < 1.29 is 13.6 Å². The van der Waals surface area contributed by atoms with Crippen LogP contribution in [0.1, 0.15) is 45.7 Å². The van der Waals surface area contributed by atoms with E-state index < -0.39 is 5.82 Å². The summed E-state index contributed by atoms with van der Waals surface area (Å²) in [6.07, 6.45) is 0.625. The second-order valence-electron chi connectivity index (χ2n) is 8.51. The summed E-state index contributed by atoms with van der Waals surface area (Å²) in [7, 11) is 0. The van der Waals surface area contributed by atoms with Gasteiger partial charge >= 0.3 is 0 Å². The number of hydrazine groups is 1. The molecule has 0 aliphatic carbocycles. The highest BCUT2D eigenvalue weighted by Gasteiger charge is 2.37. The van der Waals surface area contributed by atoms with Gasteiger partial charge < -0.3 is 9.88 Å². The summed E-state index contributed by atoms with van der Waals surface area (Å²) in [5.74, 6) is -0.953. The van der Waals surface area contributed by atoms with Gasteiger partial charge in [0.2, 0.25) is 0 Å². The van der Waals surface area contributed by atoms with Gasteiger partial charge in [0.1, 0.15) is 11.6 Å². The lowest BCUT2D eigenvalue weighted by atomic mass is 9.90. The number of hydrogen-bond acceptors (Lipinski definition) is 4. The van der Waals surface area contributed by atoms with E-state index in [0.717, 1.165) is 22.5 Å². The second kappa shape index (κ2) is 8.43. The SMILES string of the molecule is CC1NNCC1c1c(-c2ccc(F)cc2)c2c(n1Cc1ccc(F)cc1C#N)CCNC2=O. The fourth-order valence-corrected chi connectivity index (χ4v) is 4.95. The van der Waals surface area contributed by atoms with Crippen molar-refractivity contribution in [2.24, 2.45) is 0 Å². The van der Waals surface area contributed by atoms with E-state index >= 15 is 0 Å². The van der Waals surface area contributed by atoms with Gasteiger partial charge in [-0.25, -0.2) is 8.78 Å². The van der Waals surface area contributed by atoms with Gasteiger partial charge in [0.25, 0.3) is 5.91 Å². The third kappa shape index (κ3) is 3.69. The van der Waals surface area contributed by atoms with Crippen LogP contribution in [0.4, 0.5) is 8.78 Å². The highest BCUT2D eigenvalue weighted by atomic mass is 19.1. The first-order valence-electron chi connectivity index (χ1n) is 10.9. The number of nitriles is 1. The Morgan fingerprint density at radius 1 is 1.12 bits per heavy atom. The van der Waals surface area contributed by atoms with E-state index in [4.69, 9.17) is 0 Å². The first-order chi connectivity index (χ1) is 16.0. The van der Waals surface area contributed by atoms with Gasteiger partial charge in [-0.1, -0.05) is 18.2 Å². The summed E-state index contributed by atoms with van der Waals surface area (Å²) in [4.78, 5) is 13.1. The van der Waals surface area contributed by atoms with E-state index in [1.54, 1.807) is 18.2 Å². The molecule has 2 unspecified atom stereocenters. The Balaban J connectivity index is 1.78. The molecule has 1 saturated heterocycles. The molecule has 2 aliphatic heterocycles. The van der Waals surface area contributed by atoms with Crippen LogP contribution in [0.15, 0.2) is 42.5 Å². The average molecular weight is 447 g/mol. The van der Waals surface area contributed by atoms with Crippen molar-refractivity contribution in [3.63, 3.8) is 0 Å². The minimum atomic E-state index is -0.464. The molecule has 5 rings (SSSR count). The monoisotopic (exact) mass is 447 g/mol. The van der Waals surface area contributed by atoms with Crippen LogP contribution in [-0.4, -0.2) is 29.6 Å². The lowest BCUT2D eigenvalue weighted by Crippen LogP contribution is -2.32. The van der Waals surface area contributed by atoms with Crippen molar-refractivity contribution in [1.82, 2.24) is 20.7 Å². The Morgan fingerprint density at radius 3 is 2.58 bits per heavy atom. The summed E-state index contributed by atoms with van der Waals surface area (Å²) in [6.45, 7) is 3.55. The molecule has 2 atom stereocenters. The van der Waals surface area contributed by atoms with Crippen LogP contribution in [0.3, 0.4) is 0 Å². The van der Waals surface area contributed by atoms with E-state index in [1.165, 1.54) is 24.3 Å². The number of nitrogens with one attached hydrogen (secondary N) is 3. The second-order valence-corrected chi connectivity index (χ2v) is 8.51. The summed E-state index contributed by atoms with van der Waals surface area (Å²) in [5, 5.41) is 12.5. The van der Waals surface area contributed by atoms with Crippen LogP contribution in [0.2, 0.25) is 0 Å². The molecule has 168 valence electrons. The molecule has 33 heavy (non-hydrogen) atoms. The van der Waals surface area contributed by atoms with Crippen molar-refractivity contribution >= 4 is 5.91 Å². The van der Waals surface area contributed by atoms with Crippen molar-refractivity contribution in [3.8, 4) is 17.2 Å². The van der Waals surface area contributed by atoms with Gasteiger partial charge in [0.05, 0.1) is 17.2 Å². The number of aromatic nitrogens is 1. The van der Waals surface area contributed by atoms with Crippen molar-refractivity contribution in [2.75, 3.05) is 13.1 Å². The Labute approximate surface area is 190 Å². The van der Waals surface area contributed by atoms with Gasteiger partial charge in [0, 0.05) is 55.0 Å². The highest BCUT2D eigenvalue weighted by Crippen LogP contribution is 2.41. The molecule has 0 radical (unpaired) electrons. The molecule has 2 aromatic carbocycles. The molecule has 1 aromatic heterocycles. The molecular formula is C25H23F2N5O. The van der Waals surface area contributed by atoms with Crippen LogP contribution in [0.25, 0.3) is 11.1 Å². The molecule has 0 saturated carbocycles. The summed E-state index contributed by atoms with van der Waals surface area (Å²) in [6, 6.07) is 12.5. The lowest BCUT2D eigenvalue weighted by Gasteiger charge is -2.22. The first kappa shape index (κ1) is 21.3. The average Bonchev–Trinajstić information content (AvgIpc) is 3.37. The van der Waals surface area contributed by atoms with Crippen LogP contribution in [0, 0.1) is 23.0 Å². The fraction of sp³-hybridized carbons (Fsp3) is 0.280. The van der Waals surface area contributed by atoms with Gasteiger partial charge in [-0.2, -0.15) is 5.26 Å². The van der Waals surface area contributed by atoms with E-state index in [-0.39, 0.29) is 29.2 Å². The number of nitrogens with zero attached hydrogens (tertiary/aromatic N) is 2. The smallest absolute Gasteiger partial charge is 0.253 e. The largest absolute Gasteiger partial charge is 0.352 e. The van der Waals surface area contributed by atoms with Gasteiger partial charge in [-0.3, -0.25) is 15.6 Å². The van der Waals surface area contributed by atoms with Gasteiger partial charge in [0.15, 0.2) is 0 Å². The van der Waals surface area contributed by atoms with Gasteiger partial charge in [-0.05, 0) is 42.3 Å². The van der Waals surface area contributed by atoms with Crippen molar-refractivity contribution in [3.05, 3.63) is 82.2 Å². The van der Waals surface area contributed by atoms with Crippen molar-refractivity contribution in [1.29, 1.82) is 5.26 Å². The number of carbonyl (C=O) groups excluding carboxylic acids is 1. The van der Waals surface area contributed by atoms with E-state index in [1.807, 2.05) is 0 Å². The number of benzene rings is 2. The summed E-state index contributed by atoms with van der Waals surface area (Å²) in [5.41, 5.74) is 11.3. The molecule has 1 amide bonds. The molecule has 3 heterocycles. The van der Waals surface area contributed by atoms with Gasteiger partial charge in [-0.15, -0.1) is 0 Å². The molecule has 1 fully saturated rings. The molecule has 3 aromatic rings. The van der Waals surface area contributed by atoms with Crippen LogP contribution < -0.4 is 16.2 Å². The fourth-order valence-electron chi connectivity index (χ4n) is 4.95. The lowest BCUT2D eigenvalue weighted by molar-refractivity contribution is 0.0946. The quantitative estimate of drug-likeness (QED) is 0.574. The Hall–Kier alpha value is -3.54. The minimum Gasteiger partial charge on any atom is -0.352 e. The number of fused-ring (bicyclic) bond motifs is 1. The topological polar surface area (TPSA) is 81.9 Å². The summed E-state index contributed by atoms with van der Waals surface area (Å²) < 4.78 is 29.6. The molecule has 8 heteroatoms. The van der Waals surface area contributed by atoms with Crippen LogP contribution >= 0.6 is 0 Å². The molecule has 2 aliphatic rings. The maximum absolute atomic E-state index is 13.8. The van der Waals surface area contributed by atoms with E-state index in [2.05, 4.69) is 33.7 Å². The van der Waals surface area contributed by atoms with E-state index in [0.29, 0.717) is 37.2 Å². The predicted octanol–water partition coefficient (Wildman–Crippen LogP) is 3.22. The molecule has 6 nitrogen and oxygen atoms in total. The Bertz CT molecular complexity index is 1280. The molecule has 0 bridgehead atoms. The zero-order valence-electron chi connectivity index (χ0n) is 18.1. The molecular weight excluding hydrogens is 424 g/mol. The standard InChI is InChI=1S/C25H23F2N5O/c1-14-20(12-30-31-14)24-22(15-2-5-18(26)6-3-15)23-21(8-9-29-25(23)33)32(24)13-16-4-7-19(27)10-17(16)11-28/h2-7,10,14,20,30-31H,8-9,12-13H2,1H3,(H,29,33). The first-order valence-corrected chi connectivity index (χ1v) is 10.9. The normalized spacial score (nSPS) is 19.8. The van der Waals surface area contributed by atoms with Crippen LogP contribution in [-0.2, 0) is 13.0 Å². The molecule has 0 spiro atoms. The maximum Gasteiger partial charge on any atom is 0.253 e. The number of hydrogen-bond donors (Lipinski definition) is 3. The summed E-state index contributed by atoms with van der Waals surface area (Å²) >= 11 is 0. The maximum atomic E-state index is 13.8. The van der Waals surface area contributed by atoms with E-state index in [9.17, 15) is 18.8 Å². The third-order valence-electron chi connectivity index (χ3n) is 6.55. The van der Waals surface area contributed by atoms with Crippen molar-refractivity contribution in [2.45, 2.75) is 31.8 Å². The Kier molecular flexibility index (Phi) is 5.44. The zero-order valence-corrected chi connectivity index (χ0v) is 18.1. The number of carbonyl (C=O) groups is 1. The number of rotatable bonds is 4. The number of amides is 1. The highest BCUT2D eigenvalue weighted by molar-refractivity contribution is 6.04. The Morgan fingerprint density at radius 2 is 1.88 bits per heavy atom.